The maximum absolute atomic E-state index is 12.0. The highest BCUT2D eigenvalue weighted by atomic mass is 35.5. The van der Waals surface area contributed by atoms with Crippen LogP contribution in [0.4, 0.5) is 0 Å². The van der Waals surface area contributed by atoms with Crippen LogP contribution in [0.2, 0.25) is 4.34 Å². The molecular formula is C16H12ClNO3S. The third-order valence-corrected chi connectivity index (χ3v) is 3.97. The Morgan fingerprint density at radius 1 is 1.36 bits per heavy atom. The van der Waals surface area contributed by atoms with Gasteiger partial charge in [-0.15, -0.1) is 11.3 Å². The molecule has 0 spiro atoms. The first-order valence-corrected chi connectivity index (χ1v) is 7.49. The molecule has 0 aliphatic rings. The van der Waals surface area contributed by atoms with Crippen LogP contribution in [-0.4, -0.2) is 19.5 Å². The van der Waals surface area contributed by atoms with Gasteiger partial charge in [0.25, 0.3) is 0 Å². The molecule has 0 fully saturated rings. The SMILES string of the molecule is COc1cc(C=CC(=O)c2ccc(Cl)s2)ccc1OCC#N. The number of nitriles is 1. The van der Waals surface area contributed by atoms with Gasteiger partial charge in [0, 0.05) is 0 Å². The van der Waals surface area contributed by atoms with E-state index in [9.17, 15) is 4.79 Å². The number of rotatable bonds is 6. The standard InChI is InChI=1S/C16H12ClNO3S/c1-20-14-10-11(3-5-13(14)21-9-8-18)2-4-12(19)15-6-7-16(17)22-15/h2-7,10H,9H2,1H3. The van der Waals surface area contributed by atoms with Crippen molar-refractivity contribution in [3.63, 3.8) is 0 Å². The molecule has 0 saturated carbocycles. The van der Waals surface area contributed by atoms with Crippen LogP contribution >= 0.6 is 22.9 Å². The number of hydrogen-bond donors (Lipinski definition) is 0. The molecule has 0 radical (unpaired) electrons. The van der Waals surface area contributed by atoms with E-state index in [1.165, 1.54) is 24.5 Å². The van der Waals surface area contributed by atoms with Gasteiger partial charge in [0.2, 0.25) is 0 Å². The number of ether oxygens (including phenoxy) is 2. The van der Waals surface area contributed by atoms with Crippen molar-refractivity contribution in [3.05, 3.63) is 51.2 Å². The fourth-order valence-electron chi connectivity index (χ4n) is 1.72. The first-order valence-electron chi connectivity index (χ1n) is 6.29. The number of hydrogen-bond acceptors (Lipinski definition) is 5. The summed E-state index contributed by atoms with van der Waals surface area (Å²) >= 11 is 7.05. The van der Waals surface area contributed by atoms with Crippen LogP contribution in [0, 0.1) is 11.3 Å². The molecule has 1 aromatic heterocycles. The van der Waals surface area contributed by atoms with Crippen molar-refractivity contribution < 1.29 is 14.3 Å². The lowest BCUT2D eigenvalue weighted by Crippen LogP contribution is -1.96. The number of nitrogens with zero attached hydrogens (tertiary/aromatic N) is 1. The minimum atomic E-state index is -0.110. The second-order valence-electron chi connectivity index (χ2n) is 4.16. The highest BCUT2D eigenvalue weighted by molar-refractivity contribution is 7.18. The van der Waals surface area contributed by atoms with Crippen molar-refractivity contribution in [1.29, 1.82) is 5.26 Å². The highest BCUT2D eigenvalue weighted by Crippen LogP contribution is 2.28. The first kappa shape index (κ1) is 16.1. The number of carbonyl (C=O) groups is 1. The van der Waals surface area contributed by atoms with Crippen molar-refractivity contribution in [3.8, 4) is 17.6 Å². The highest BCUT2D eigenvalue weighted by Gasteiger charge is 2.07. The average Bonchev–Trinajstić information content (AvgIpc) is 2.97. The van der Waals surface area contributed by atoms with Gasteiger partial charge in [-0.3, -0.25) is 4.79 Å². The number of carbonyl (C=O) groups excluding carboxylic acids is 1. The molecule has 4 nitrogen and oxygen atoms in total. The van der Waals surface area contributed by atoms with E-state index in [0.717, 1.165) is 5.56 Å². The fourth-order valence-corrected chi connectivity index (χ4v) is 2.68. The van der Waals surface area contributed by atoms with Gasteiger partial charge >= 0.3 is 0 Å². The monoisotopic (exact) mass is 333 g/mol. The predicted octanol–water partition coefficient (Wildman–Crippen LogP) is 4.21. The summed E-state index contributed by atoms with van der Waals surface area (Å²) < 4.78 is 11.0. The third-order valence-electron chi connectivity index (χ3n) is 2.72. The van der Waals surface area contributed by atoms with Gasteiger partial charge in [-0.25, -0.2) is 0 Å². The summed E-state index contributed by atoms with van der Waals surface area (Å²) in [4.78, 5) is 12.6. The molecule has 0 bridgehead atoms. The predicted molar refractivity (Wildman–Crippen MR) is 86.8 cm³/mol. The smallest absolute Gasteiger partial charge is 0.195 e. The summed E-state index contributed by atoms with van der Waals surface area (Å²) in [5.41, 5.74) is 0.789. The van der Waals surface area contributed by atoms with Gasteiger partial charge < -0.3 is 9.47 Å². The zero-order valence-corrected chi connectivity index (χ0v) is 13.3. The maximum Gasteiger partial charge on any atom is 0.195 e. The van der Waals surface area contributed by atoms with Gasteiger partial charge in [-0.05, 0) is 35.9 Å². The third kappa shape index (κ3) is 4.10. The molecule has 0 amide bonds. The summed E-state index contributed by atoms with van der Waals surface area (Å²) in [6, 6.07) is 10.5. The minimum Gasteiger partial charge on any atom is -0.493 e. The number of allylic oxidation sites excluding steroid dienone is 1. The van der Waals surface area contributed by atoms with E-state index in [4.69, 9.17) is 26.3 Å². The van der Waals surface area contributed by atoms with E-state index in [-0.39, 0.29) is 12.4 Å². The van der Waals surface area contributed by atoms with Crippen LogP contribution in [0.15, 0.2) is 36.4 Å². The molecule has 6 heteroatoms. The van der Waals surface area contributed by atoms with E-state index in [0.29, 0.717) is 20.7 Å². The summed E-state index contributed by atoms with van der Waals surface area (Å²) in [7, 11) is 1.51. The Bertz CT molecular complexity index is 746. The summed E-state index contributed by atoms with van der Waals surface area (Å²) in [6.45, 7) is -0.0524. The Labute approximate surface area is 137 Å². The summed E-state index contributed by atoms with van der Waals surface area (Å²) in [5.74, 6) is 0.877. The second kappa shape index (κ2) is 7.64. The number of thiophene rings is 1. The Morgan fingerprint density at radius 3 is 2.82 bits per heavy atom. The number of ketones is 1. The van der Waals surface area contributed by atoms with Gasteiger partial charge in [0.15, 0.2) is 23.9 Å². The van der Waals surface area contributed by atoms with Crippen molar-refractivity contribution in [2.24, 2.45) is 0 Å². The van der Waals surface area contributed by atoms with Gasteiger partial charge in [-0.2, -0.15) is 5.26 Å². The van der Waals surface area contributed by atoms with Crippen molar-refractivity contribution in [2.75, 3.05) is 13.7 Å². The van der Waals surface area contributed by atoms with Crippen LogP contribution in [0.5, 0.6) is 11.5 Å². The largest absolute Gasteiger partial charge is 0.493 e. The quantitative estimate of drug-likeness (QED) is 0.587. The molecule has 0 saturated heterocycles. The fraction of sp³-hybridized carbons (Fsp3) is 0.125. The van der Waals surface area contributed by atoms with E-state index in [1.807, 2.05) is 6.07 Å². The minimum absolute atomic E-state index is 0.0524. The van der Waals surface area contributed by atoms with Gasteiger partial charge in [0.1, 0.15) is 6.07 Å². The van der Waals surface area contributed by atoms with Gasteiger partial charge in [-0.1, -0.05) is 23.7 Å². The zero-order valence-electron chi connectivity index (χ0n) is 11.7. The molecule has 0 aliphatic carbocycles. The number of methoxy groups -OCH3 is 1. The van der Waals surface area contributed by atoms with E-state index < -0.39 is 0 Å². The van der Waals surface area contributed by atoms with Crippen LogP contribution in [-0.2, 0) is 0 Å². The van der Waals surface area contributed by atoms with Crippen molar-refractivity contribution in [2.45, 2.75) is 0 Å². The Hall–Kier alpha value is -2.29. The first-order chi connectivity index (χ1) is 10.6. The lowest BCUT2D eigenvalue weighted by molar-refractivity contribution is 0.105. The molecule has 112 valence electrons. The number of benzene rings is 1. The zero-order chi connectivity index (χ0) is 15.9. The maximum atomic E-state index is 12.0. The molecule has 0 atom stereocenters. The molecule has 22 heavy (non-hydrogen) atoms. The number of halogens is 1. The second-order valence-corrected chi connectivity index (χ2v) is 5.87. The molecule has 0 aliphatic heterocycles. The molecule has 2 rings (SSSR count). The molecule has 1 aromatic carbocycles. The van der Waals surface area contributed by atoms with Gasteiger partial charge in [0.05, 0.1) is 16.3 Å². The topological polar surface area (TPSA) is 59.3 Å². The van der Waals surface area contributed by atoms with Crippen molar-refractivity contribution >= 4 is 34.8 Å². The van der Waals surface area contributed by atoms with E-state index in [1.54, 1.807) is 36.4 Å². The summed E-state index contributed by atoms with van der Waals surface area (Å²) in [5, 5.41) is 8.53. The van der Waals surface area contributed by atoms with Crippen molar-refractivity contribution in [1.82, 2.24) is 0 Å². The lowest BCUT2D eigenvalue weighted by atomic mass is 10.1. The normalized spacial score (nSPS) is 10.4. The lowest BCUT2D eigenvalue weighted by Gasteiger charge is -2.08. The summed E-state index contributed by atoms with van der Waals surface area (Å²) in [6.07, 6.45) is 3.17. The average molecular weight is 334 g/mol. The van der Waals surface area contributed by atoms with E-state index in [2.05, 4.69) is 0 Å². The van der Waals surface area contributed by atoms with E-state index >= 15 is 0 Å². The molecule has 0 N–H and O–H groups in total. The van der Waals surface area contributed by atoms with Crippen LogP contribution in [0.3, 0.4) is 0 Å². The molecule has 2 aromatic rings. The Balaban J connectivity index is 2.14. The molecule has 1 heterocycles. The van der Waals surface area contributed by atoms with Crippen LogP contribution in [0.1, 0.15) is 15.2 Å². The Morgan fingerprint density at radius 2 is 2.18 bits per heavy atom. The van der Waals surface area contributed by atoms with Crippen LogP contribution in [0.25, 0.3) is 6.08 Å². The molecular weight excluding hydrogens is 322 g/mol. The van der Waals surface area contributed by atoms with Crippen LogP contribution < -0.4 is 9.47 Å². The molecule has 0 unspecified atom stereocenters. The Kier molecular flexibility index (Phi) is 5.59.